The minimum atomic E-state index is -0.517. The molecule has 0 amide bonds. The number of aryl methyl sites for hydroxylation is 1. The van der Waals surface area contributed by atoms with Gasteiger partial charge in [0.2, 0.25) is 0 Å². The monoisotopic (exact) mass is 310 g/mol. The Morgan fingerprint density at radius 1 is 1.30 bits per heavy atom. The van der Waals surface area contributed by atoms with E-state index in [1.54, 1.807) is 12.4 Å². The fraction of sp³-hybridized carbons (Fsp3) is 0.143. The molecule has 0 aliphatic rings. The van der Waals surface area contributed by atoms with Crippen LogP contribution in [0.5, 0.6) is 0 Å². The molecule has 0 aliphatic carbocycles. The van der Waals surface area contributed by atoms with Gasteiger partial charge in [0.15, 0.2) is 0 Å². The number of benzene rings is 1. The molecule has 20 heavy (non-hydrogen) atoms. The van der Waals surface area contributed by atoms with Crippen LogP contribution in [0.3, 0.4) is 0 Å². The standard InChI is InChI=1S/C14H12Cl2N2O2/c1-8-2-9(6-18-5-8)7-20-14(19)10-3-11(15)13(16)12(17)4-10/h2-6H,7,17H2,1H3. The Labute approximate surface area is 126 Å². The largest absolute Gasteiger partial charge is 0.457 e. The number of nitrogen functional groups attached to an aromatic ring is 1. The zero-order valence-corrected chi connectivity index (χ0v) is 12.2. The van der Waals surface area contributed by atoms with E-state index in [1.807, 2.05) is 13.0 Å². The average molecular weight is 311 g/mol. The van der Waals surface area contributed by atoms with Gasteiger partial charge in [-0.05, 0) is 30.7 Å². The van der Waals surface area contributed by atoms with Crippen molar-refractivity contribution in [3.05, 3.63) is 57.3 Å². The third-order valence-electron chi connectivity index (χ3n) is 2.59. The van der Waals surface area contributed by atoms with Crippen molar-refractivity contribution >= 4 is 34.9 Å². The van der Waals surface area contributed by atoms with E-state index in [0.717, 1.165) is 11.1 Å². The number of nitrogens with two attached hydrogens (primary N) is 1. The van der Waals surface area contributed by atoms with Gasteiger partial charge in [0, 0.05) is 18.0 Å². The highest BCUT2D eigenvalue weighted by atomic mass is 35.5. The summed E-state index contributed by atoms with van der Waals surface area (Å²) in [5, 5.41) is 0.446. The summed E-state index contributed by atoms with van der Waals surface area (Å²) >= 11 is 11.7. The number of nitrogens with zero attached hydrogens (tertiary/aromatic N) is 1. The number of hydrogen-bond acceptors (Lipinski definition) is 4. The predicted molar refractivity (Wildman–Crippen MR) is 79.0 cm³/mol. The topological polar surface area (TPSA) is 65.2 Å². The summed E-state index contributed by atoms with van der Waals surface area (Å²) in [4.78, 5) is 15.9. The van der Waals surface area contributed by atoms with Crippen molar-refractivity contribution in [3.8, 4) is 0 Å². The van der Waals surface area contributed by atoms with Crippen molar-refractivity contribution < 1.29 is 9.53 Å². The molecule has 1 aromatic carbocycles. The van der Waals surface area contributed by atoms with Gasteiger partial charge in [-0.1, -0.05) is 23.2 Å². The fourth-order valence-electron chi connectivity index (χ4n) is 1.66. The Balaban J connectivity index is 2.09. The smallest absolute Gasteiger partial charge is 0.338 e. The normalized spacial score (nSPS) is 10.3. The predicted octanol–water partition coefficient (Wildman–Crippen LogP) is 3.64. The van der Waals surface area contributed by atoms with Crippen LogP contribution in [0, 0.1) is 6.92 Å². The quantitative estimate of drug-likeness (QED) is 0.694. The maximum Gasteiger partial charge on any atom is 0.338 e. The molecule has 0 unspecified atom stereocenters. The van der Waals surface area contributed by atoms with E-state index >= 15 is 0 Å². The maximum atomic E-state index is 11.9. The summed E-state index contributed by atoms with van der Waals surface area (Å²) in [5.74, 6) is -0.517. The van der Waals surface area contributed by atoms with Crippen LogP contribution >= 0.6 is 23.2 Å². The maximum absolute atomic E-state index is 11.9. The second-order valence-corrected chi connectivity index (χ2v) is 5.09. The lowest BCUT2D eigenvalue weighted by atomic mass is 10.2. The van der Waals surface area contributed by atoms with E-state index in [9.17, 15) is 4.79 Å². The summed E-state index contributed by atoms with van der Waals surface area (Å²) in [6.07, 6.45) is 3.37. The minimum absolute atomic E-state index is 0.133. The van der Waals surface area contributed by atoms with E-state index in [-0.39, 0.29) is 27.9 Å². The first-order valence-electron chi connectivity index (χ1n) is 5.79. The Hall–Kier alpha value is -1.78. The molecular weight excluding hydrogens is 299 g/mol. The third kappa shape index (κ3) is 3.40. The molecular formula is C14H12Cl2N2O2. The van der Waals surface area contributed by atoms with Crippen molar-refractivity contribution in [1.29, 1.82) is 0 Å². The zero-order valence-electron chi connectivity index (χ0n) is 10.7. The van der Waals surface area contributed by atoms with Crippen LogP contribution in [-0.2, 0) is 11.3 Å². The van der Waals surface area contributed by atoms with Crippen LogP contribution in [0.4, 0.5) is 5.69 Å². The van der Waals surface area contributed by atoms with Crippen molar-refractivity contribution in [1.82, 2.24) is 4.98 Å². The number of pyridine rings is 1. The summed E-state index contributed by atoms with van der Waals surface area (Å²) < 4.78 is 5.18. The number of esters is 1. The van der Waals surface area contributed by atoms with Crippen LogP contribution in [0.25, 0.3) is 0 Å². The minimum Gasteiger partial charge on any atom is -0.457 e. The molecule has 0 aliphatic heterocycles. The number of anilines is 1. The summed E-state index contributed by atoms with van der Waals surface area (Å²) in [5.41, 5.74) is 7.96. The van der Waals surface area contributed by atoms with Gasteiger partial charge < -0.3 is 10.5 Å². The Morgan fingerprint density at radius 2 is 2.05 bits per heavy atom. The van der Waals surface area contributed by atoms with E-state index in [0.29, 0.717) is 0 Å². The molecule has 0 atom stereocenters. The first-order valence-corrected chi connectivity index (χ1v) is 6.55. The van der Waals surface area contributed by atoms with Gasteiger partial charge in [-0.25, -0.2) is 4.79 Å². The number of halogens is 2. The second kappa shape index (κ2) is 6.11. The molecule has 0 bridgehead atoms. The molecule has 0 saturated heterocycles. The van der Waals surface area contributed by atoms with Gasteiger partial charge in [-0.15, -0.1) is 0 Å². The van der Waals surface area contributed by atoms with Crippen LogP contribution in [-0.4, -0.2) is 11.0 Å². The van der Waals surface area contributed by atoms with Crippen molar-refractivity contribution in [2.75, 3.05) is 5.73 Å². The van der Waals surface area contributed by atoms with Crippen molar-refractivity contribution in [3.63, 3.8) is 0 Å². The second-order valence-electron chi connectivity index (χ2n) is 4.31. The van der Waals surface area contributed by atoms with Crippen molar-refractivity contribution in [2.24, 2.45) is 0 Å². The zero-order chi connectivity index (χ0) is 14.7. The lowest BCUT2D eigenvalue weighted by Crippen LogP contribution is -2.06. The molecule has 6 heteroatoms. The SMILES string of the molecule is Cc1cncc(COC(=O)c2cc(N)c(Cl)c(Cl)c2)c1. The number of carbonyl (C=O) groups is 1. The third-order valence-corrected chi connectivity index (χ3v) is 3.41. The lowest BCUT2D eigenvalue weighted by molar-refractivity contribution is 0.0472. The van der Waals surface area contributed by atoms with Gasteiger partial charge in [0.1, 0.15) is 6.61 Å². The molecule has 4 nitrogen and oxygen atoms in total. The van der Waals surface area contributed by atoms with Gasteiger partial charge >= 0.3 is 5.97 Å². The van der Waals surface area contributed by atoms with Gasteiger partial charge in [-0.3, -0.25) is 4.98 Å². The Morgan fingerprint density at radius 3 is 2.70 bits per heavy atom. The van der Waals surface area contributed by atoms with E-state index in [1.165, 1.54) is 12.1 Å². The van der Waals surface area contributed by atoms with Crippen LogP contribution in [0.1, 0.15) is 21.5 Å². The van der Waals surface area contributed by atoms with Gasteiger partial charge in [-0.2, -0.15) is 0 Å². The first-order chi connectivity index (χ1) is 9.47. The van der Waals surface area contributed by atoms with E-state index < -0.39 is 5.97 Å². The van der Waals surface area contributed by atoms with Crippen LogP contribution in [0.2, 0.25) is 10.0 Å². The molecule has 2 aromatic rings. The van der Waals surface area contributed by atoms with Gasteiger partial charge in [0.05, 0.1) is 21.3 Å². The Bertz CT molecular complexity index is 636. The number of hydrogen-bond donors (Lipinski definition) is 1. The van der Waals surface area contributed by atoms with Gasteiger partial charge in [0.25, 0.3) is 0 Å². The average Bonchev–Trinajstić information content (AvgIpc) is 2.41. The molecule has 1 heterocycles. The van der Waals surface area contributed by atoms with E-state index in [4.69, 9.17) is 33.7 Å². The first kappa shape index (κ1) is 14.6. The molecule has 0 radical (unpaired) electrons. The summed E-state index contributed by atoms with van der Waals surface area (Å²) in [7, 11) is 0. The van der Waals surface area contributed by atoms with Crippen LogP contribution in [0.15, 0.2) is 30.6 Å². The highest BCUT2D eigenvalue weighted by molar-refractivity contribution is 6.43. The summed E-state index contributed by atoms with van der Waals surface area (Å²) in [6.45, 7) is 2.05. The molecule has 0 saturated carbocycles. The molecule has 1 aromatic heterocycles. The molecule has 0 fully saturated rings. The number of rotatable bonds is 3. The van der Waals surface area contributed by atoms with Crippen molar-refractivity contribution in [2.45, 2.75) is 13.5 Å². The fourth-order valence-corrected chi connectivity index (χ4v) is 1.99. The number of ether oxygens (including phenoxy) is 1. The Kier molecular flexibility index (Phi) is 4.47. The number of aromatic nitrogens is 1. The van der Waals surface area contributed by atoms with Crippen LogP contribution < -0.4 is 5.73 Å². The molecule has 2 N–H and O–H groups in total. The molecule has 2 rings (SSSR count). The lowest BCUT2D eigenvalue weighted by Gasteiger charge is -2.07. The van der Waals surface area contributed by atoms with E-state index in [2.05, 4.69) is 4.98 Å². The highest BCUT2D eigenvalue weighted by Gasteiger charge is 2.12. The number of carbonyl (C=O) groups excluding carboxylic acids is 1. The molecule has 0 spiro atoms. The summed E-state index contributed by atoms with van der Waals surface area (Å²) in [6, 6.07) is 4.76. The highest BCUT2D eigenvalue weighted by Crippen LogP contribution is 2.29. The molecule has 104 valence electrons.